The van der Waals surface area contributed by atoms with Crippen LogP contribution in [0.1, 0.15) is 23.7 Å². The van der Waals surface area contributed by atoms with Crippen molar-refractivity contribution in [3.63, 3.8) is 0 Å². The number of aromatic nitrogens is 3. The molecule has 27 heavy (non-hydrogen) atoms. The molecule has 0 saturated heterocycles. The van der Waals surface area contributed by atoms with Gasteiger partial charge in [-0.3, -0.25) is 4.99 Å². The lowest BCUT2D eigenvalue weighted by molar-refractivity contribution is -0.0165. The molecule has 0 radical (unpaired) electrons. The van der Waals surface area contributed by atoms with Gasteiger partial charge in [-0.25, -0.2) is 9.97 Å². The van der Waals surface area contributed by atoms with Crippen LogP contribution in [0.2, 0.25) is 0 Å². The Hall–Kier alpha value is -2.77. The Kier molecular flexibility index (Phi) is 4.63. The van der Waals surface area contributed by atoms with E-state index >= 15 is 0 Å². The van der Waals surface area contributed by atoms with Gasteiger partial charge < -0.3 is 19.5 Å². The summed E-state index contributed by atoms with van der Waals surface area (Å²) in [6, 6.07) is 9.14. The Labute approximate surface area is 157 Å². The van der Waals surface area contributed by atoms with E-state index in [4.69, 9.17) is 4.74 Å². The first-order valence-electron chi connectivity index (χ1n) is 8.91. The van der Waals surface area contributed by atoms with Crippen LogP contribution in [0.15, 0.2) is 47.8 Å². The van der Waals surface area contributed by atoms with Crippen molar-refractivity contribution < 1.29 is 14.9 Å². The van der Waals surface area contributed by atoms with Crippen LogP contribution in [0.5, 0.6) is 5.75 Å². The molecule has 1 aliphatic rings. The summed E-state index contributed by atoms with van der Waals surface area (Å²) < 4.78 is 7.96. The van der Waals surface area contributed by atoms with Crippen molar-refractivity contribution in [2.45, 2.75) is 44.2 Å². The number of aliphatic hydroxyl groups is 2. The van der Waals surface area contributed by atoms with Crippen molar-refractivity contribution in [2.75, 3.05) is 0 Å². The molecule has 0 aliphatic heterocycles. The molecule has 3 aromatic rings. The quantitative estimate of drug-likeness (QED) is 0.674. The summed E-state index contributed by atoms with van der Waals surface area (Å²) in [5, 5.41) is 22.2. The van der Waals surface area contributed by atoms with Gasteiger partial charge in [0.1, 0.15) is 36.0 Å². The third-order valence-corrected chi connectivity index (χ3v) is 5.20. The predicted octanol–water partition coefficient (Wildman–Crippen LogP) is 2.05. The zero-order valence-electron chi connectivity index (χ0n) is 15.1. The summed E-state index contributed by atoms with van der Waals surface area (Å²) in [7, 11) is 0. The molecule has 1 aliphatic carbocycles. The van der Waals surface area contributed by atoms with E-state index in [0.717, 1.165) is 22.3 Å². The van der Waals surface area contributed by atoms with Crippen LogP contribution >= 0.6 is 0 Å². The van der Waals surface area contributed by atoms with Gasteiger partial charge in [-0.2, -0.15) is 0 Å². The number of fused-ring (bicyclic) bond motifs is 1. The fourth-order valence-electron chi connectivity index (χ4n) is 3.76. The average Bonchev–Trinajstić information content (AvgIpc) is 3.21. The standard InChI is InChI=1S/C20H22N4O3/c1-12-14-7-8-24(20(14)23-11-22-12)15-9-17(19(26)18(15)25)27-16-6-4-3-5-13(16)10-21-2/h3-8,11,15,17-19,25-26H,2,9-10H2,1H3/t15?,17?,18-,19+/m0/s1. The molecule has 2 heterocycles. The Morgan fingerprint density at radius 3 is 2.85 bits per heavy atom. The van der Waals surface area contributed by atoms with E-state index < -0.39 is 18.3 Å². The van der Waals surface area contributed by atoms with Crippen LogP contribution in [0.25, 0.3) is 11.0 Å². The molecule has 2 unspecified atom stereocenters. The fourth-order valence-corrected chi connectivity index (χ4v) is 3.76. The SMILES string of the molecule is C=NCc1ccccc1OC1CC(n2ccc3c(C)ncnc32)[C@H](O)[C@@H]1O. The first kappa shape index (κ1) is 17.6. The van der Waals surface area contributed by atoms with E-state index in [1.807, 2.05) is 48.0 Å². The minimum atomic E-state index is -1.000. The molecule has 4 atom stereocenters. The summed E-state index contributed by atoms with van der Waals surface area (Å²) in [5.74, 6) is 0.650. The van der Waals surface area contributed by atoms with Gasteiger partial charge in [-0.1, -0.05) is 18.2 Å². The van der Waals surface area contributed by atoms with Gasteiger partial charge in [0.25, 0.3) is 0 Å². The summed E-state index contributed by atoms with van der Waals surface area (Å²) in [5.41, 5.74) is 2.52. The van der Waals surface area contributed by atoms with Gasteiger partial charge in [0.2, 0.25) is 0 Å². The molecule has 140 valence electrons. The molecule has 0 spiro atoms. The molecule has 1 fully saturated rings. The molecule has 2 aromatic heterocycles. The number of nitrogens with zero attached hydrogens (tertiary/aromatic N) is 4. The third-order valence-electron chi connectivity index (χ3n) is 5.20. The maximum Gasteiger partial charge on any atom is 0.143 e. The van der Waals surface area contributed by atoms with E-state index in [1.165, 1.54) is 6.33 Å². The Bertz CT molecular complexity index is 971. The zero-order valence-corrected chi connectivity index (χ0v) is 15.1. The summed E-state index contributed by atoms with van der Waals surface area (Å²) in [4.78, 5) is 12.5. The van der Waals surface area contributed by atoms with Gasteiger partial charge >= 0.3 is 0 Å². The lowest BCUT2D eigenvalue weighted by atomic mass is 10.2. The van der Waals surface area contributed by atoms with Crippen LogP contribution in [0.4, 0.5) is 0 Å². The predicted molar refractivity (Wildman–Crippen MR) is 102 cm³/mol. The maximum atomic E-state index is 10.7. The lowest BCUT2D eigenvalue weighted by Crippen LogP contribution is -2.34. The minimum absolute atomic E-state index is 0.332. The second-order valence-electron chi connectivity index (χ2n) is 6.85. The van der Waals surface area contributed by atoms with Gasteiger partial charge in [-0.15, -0.1) is 0 Å². The first-order chi connectivity index (χ1) is 13.1. The first-order valence-corrected chi connectivity index (χ1v) is 8.91. The molecule has 2 N–H and O–H groups in total. The van der Waals surface area contributed by atoms with Crippen LogP contribution in [-0.2, 0) is 6.54 Å². The van der Waals surface area contributed by atoms with Gasteiger partial charge in [0.15, 0.2) is 0 Å². The van der Waals surface area contributed by atoms with Crippen LogP contribution in [0.3, 0.4) is 0 Å². The monoisotopic (exact) mass is 366 g/mol. The Balaban J connectivity index is 1.61. The Morgan fingerprint density at radius 1 is 1.22 bits per heavy atom. The van der Waals surface area contributed by atoms with Crippen molar-refractivity contribution >= 4 is 17.8 Å². The number of benzene rings is 1. The van der Waals surface area contributed by atoms with Crippen LogP contribution < -0.4 is 4.74 Å². The molecular formula is C20H22N4O3. The molecule has 0 bridgehead atoms. The Morgan fingerprint density at radius 2 is 2.04 bits per heavy atom. The highest BCUT2D eigenvalue weighted by Gasteiger charge is 2.44. The molecule has 1 saturated carbocycles. The van der Waals surface area contributed by atoms with E-state index in [0.29, 0.717) is 18.7 Å². The number of aryl methyl sites for hydroxylation is 1. The van der Waals surface area contributed by atoms with E-state index in [2.05, 4.69) is 21.7 Å². The normalized spacial score (nSPS) is 25.0. The smallest absolute Gasteiger partial charge is 0.143 e. The van der Waals surface area contributed by atoms with Crippen molar-refractivity contribution in [1.29, 1.82) is 0 Å². The molecule has 1 aromatic carbocycles. The third kappa shape index (κ3) is 3.09. The van der Waals surface area contributed by atoms with Crippen molar-refractivity contribution in [3.05, 3.63) is 54.1 Å². The highest BCUT2D eigenvalue weighted by atomic mass is 16.5. The maximum absolute atomic E-state index is 10.7. The summed E-state index contributed by atoms with van der Waals surface area (Å²) in [6.45, 7) is 5.88. The summed E-state index contributed by atoms with van der Waals surface area (Å²) in [6.07, 6.45) is 1.37. The van der Waals surface area contributed by atoms with Crippen molar-refractivity contribution in [3.8, 4) is 5.75 Å². The fraction of sp³-hybridized carbons (Fsp3) is 0.350. The van der Waals surface area contributed by atoms with Crippen LogP contribution in [0, 0.1) is 6.92 Å². The minimum Gasteiger partial charge on any atom is -0.487 e. The van der Waals surface area contributed by atoms with E-state index in [1.54, 1.807) is 0 Å². The molecule has 7 nitrogen and oxygen atoms in total. The number of aliphatic hydroxyl groups excluding tert-OH is 2. The van der Waals surface area contributed by atoms with Crippen LogP contribution in [-0.4, -0.2) is 49.8 Å². The number of hydrogen-bond donors (Lipinski definition) is 2. The number of ether oxygens (including phenoxy) is 1. The zero-order chi connectivity index (χ0) is 19.0. The highest BCUT2D eigenvalue weighted by Crippen LogP contribution is 2.36. The second kappa shape index (κ2) is 7.09. The molecule has 0 amide bonds. The number of rotatable bonds is 5. The molecule has 4 rings (SSSR count). The number of hydrogen-bond acceptors (Lipinski definition) is 6. The van der Waals surface area contributed by atoms with Crippen molar-refractivity contribution in [1.82, 2.24) is 14.5 Å². The highest BCUT2D eigenvalue weighted by molar-refractivity contribution is 5.78. The van der Waals surface area contributed by atoms with Gasteiger partial charge in [0.05, 0.1) is 18.3 Å². The van der Waals surface area contributed by atoms with Gasteiger partial charge in [-0.05, 0) is 25.8 Å². The number of para-hydroxylation sites is 1. The number of aliphatic imine (C=N–C) groups is 1. The largest absolute Gasteiger partial charge is 0.487 e. The average molecular weight is 366 g/mol. The summed E-state index contributed by atoms with van der Waals surface area (Å²) >= 11 is 0. The topological polar surface area (TPSA) is 92.8 Å². The van der Waals surface area contributed by atoms with E-state index in [-0.39, 0.29) is 6.04 Å². The second-order valence-corrected chi connectivity index (χ2v) is 6.85. The lowest BCUT2D eigenvalue weighted by Gasteiger charge is -2.19. The molecule has 7 heteroatoms. The van der Waals surface area contributed by atoms with Crippen molar-refractivity contribution in [2.24, 2.45) is 4.99 Å². The van der Waals surface area contributed by atoms with E-state index in [9.17, 15) is 10.2 Å². The van der Waals surface area contributed by atoms with Gasteiger partial charge in [0, 0.05) is 23.6 Å². The molecular weight excluding hydrogens is 344 g/mol.